The summed E-state index contributed by atoms with van der Waals surface area (Å²) in [7, 11) is 0. The summed E-state index contributed by atoms with van der Waals surface area (Å²) in [6.07, 6.45) is -3.14. The van der Waals surface area contributed by atoms with Gasteiger partial charge in [-0.25, -0.2) is 4.98 Å². The van der Waals surface area contributed by atoms with Gasteiger partial charge in [0.2, 0.25) is 11.8 Å². The third kappa shape index (κ3) is 5.43. The normalized spacial score (nSPS) is 12.1. The summed E-state index contributed by atoms with van der Waals surface area (Å²) in [5.74, 6) is -0.594. The van der Waals surface area contributed by atoms with E-state index in [4.69, 9.17) is 5.73 Å². The van der Waals surface area contributed by atoms with Gasteiger partial charge in [0.1, 0.15) is 0 Å². The number of nitrogens with zero attached hydrogens (tertiary/aromatic N) is 1. The number of hydrogen-bond donors (Lipinski definition) is 2. The Bertz CT molecular complexity index is 470. The Kier molecular flexibility index (Phi) is 4.93. The van der Waals surface area contributed by atoms with E-state index in [1.54, 1.807) is 0 Å². The van der Waals surface area contributed by atoms with Crippen LogP contribution in [0.2, 0.25) is 0 Å². The van der Waals surface area contributed by atoms with Crippen molar-refractivity contribution in [3.63, 3.8) is 0 Å². The van der Waals surface area contributed by atoms with E-state index in [0.717, 1.165) is 0 Å². The first-order valence-electron chi connectivity index (χ1n) is 5.80. The second kappa shape index (κ2) is 6.08. The number of nitrogens with two attached hydrogens (primary N) is 1. The maximum Gasteiger partial charge on any atom is 0.422 e. The molecule has 3 N–H and O–H groups in total. The fourth-order valence-corrected chi connectivity index (χ4v) is 1.24. The Morgan fingerprint density at radius 2 is 2.10 bits per heavy atom. The van der Waals surface area contributed by atoms with Crippen molar-refractivity contribution in [1.82, 2.24) is 10.3 Å². The third-order valence-corrected chi connectivity index (χ3v) is 2.25. The van der Waals surface area contributed by atoms with Crippen molar-refractivity contribution in [2.24, 2.45) is 5.73 Å². The van der Waals surface area contributed by atoms with Crippen LogP contribution in [0.3, 0.4) is 0 Å². The van der Waals surface area contributed by atoms with Crippen LogP contribution < -0.4 is 15.8 Å². The molecule has 0 bridgehead atoms. The van der Waals surface area contributed by atoms with E-state index < -0.39 is 24.2 Å². The minimum Gasteiger partial charge on any atom is -0.468 e. The highest BCUT2D eigenvalue weighted by Gasteiger charge is 2.29. The number of halogens is 3. The van der Waals surface area contributed by atoms with Gasteiger partial charge in [-0.1, -0.05) is 6.07 Å². The summed E-state index contributed by atoms with van der Waals surface area (Å²) in [4.78, 5) is 15.3. The summed E-state index contributed by atoms with van der Waals surface area (Å²) in [6.45, 7) is 1.59. The van der Waals surface area contributed by atoms with Gasteiger partial charge in [-0.15, -0.1) is 0 Å². The zero-order valence-electron chi connectivity index (χ0n) is 11.1. The molecule has 1 aromatic heterocycles. The zero-order valence-corrected chi connectivity index (χ0v) is 11.1. The summed E-state index contributed by atoms with van der Waals surface area (Å²) < 4.78 is 40.9. The van der Waals surface area contributed by atoms with Crippen LogP contribution >= 0.6 is 0 Å². The summed E-state index contributed by atoms with van der Waals surface area (Å²) in [5.41, 5.74) is 4.86. The first kappa shape index (κ1) is 16.2. The fraction of sp³-hybridized carbons (Fsp3) is 0.500. The van der Waals surface area contributed by atoms with Gasteiger partial charge in [0.05, 0.1) is 5.54 Å². The van der Waals surface area contributed by atoms with Crippen LogP contribution in [0.5, 0.6) is 5.88 Å². The van der Waals surface area contributed by atoms with E-state index in [1.807, 2.05) is 0 Å². The van der Waals surface area contributed by atoms with Gasteiger partial charge in [0, 0.05) is 18.3 Å². The Labute approximate surface area is 114 Å². The molecule has 0 fully saturated rings. The zero-order chi connectivity index (χ0) is 15.4. The molecule has 0 unspecified atom stereocenters. The fourth-order valence-electron chi connectivity index (χ4n) is 1.24. The molecular weight excluding hydrogens is 275 g/mol. The standard InChI is InChI=1S/C12H16F3N3O2/c1-11(2,16)10(19)18-6-8-4-3-5-17-9(8)20-7-12(13,14)15/h3-5H,6-7,16H2,1-2H3,(H,18,19). The molecule has 112 valence electrons. The van der Waals surface area contributed by atoms with Crippen molar-refractivity contribution < 1.29 is 22.7 Å². The number of pyridine rings is 1. The molecule has 0 radical (unpaired) electrons. The number of hydrogen-bond acceptors (Lipinski definition) is 4. The molecule has 20 heavy (non-hydrogen) atoms. The molecule has 0 saturated heterocycles. The lowest BCUT2D eigenvalue weighted by Crippen LogP contribution is -2.48. The molecule has 0 aromatic carbocycles. The molecule has 1 amide bonds. The molecule has 8 heteroatoms. The van der Waals surface area contributed by atoms with Crippen LogP contribution in [-0.4, -0.2) is 29.2 Å². The number of aromatic nitrogens is 1. The van der Waals surface area contributed by atoms with Gasteiger partial charge in [-0.2, -0.15) is 13.2 Å². The maximum absolute atomic E-state index is 12.1. The van der Waals surface area contributed by atoms with Gasteiger partial charge >= 0.3 is 6.18 Å². The SMILES string of the molecule is CC(C)(N)C(=O)NCc1cccnc1OCC(F)(F)F. The summed E-state index contributed by atoms with van der Waals surface area (Å²) in [5, 5.41) is 2.51. The van der Waals surface area contributed by atoms with E-state index in [0.29, 0.717) is 5.56 Å². The largest absolute Gasteiger partial charge is 0.468 e. The lowest BCUT2D eigenvalue weighted by Gasteiger charge is -2.18. The van der Waals surface area contributed by atoms with Crippen LogP contribution in [0.4, 0.5) is 13.2 Å². The van der Waals surface area contributed by atoms with Gasteiger partial charge in [-0.3, -0.25) is 4.79 Å². The minimum atomic E-state index is -4.45. The Hall–Kier alpha value is -1.83. The maximum atomic E-state index is 12.1. The quantitative estimate of drug-likeness (QED) is 0.859. The molecule has 1 rings (SSSR count). The van der Waals surface area contributed by atoms with E-state index in [2.05, 4.69) is 15.0 Å². The number of ether oxygens (including phenoxy) is 1. The van der Waals surface area contributed by atoms with Crippen molar-refractivity contribution in [3.05, 3.63) is 23.9 Å². The van der Waals surface area contributed by atoms with Crippen LogP contribution in [-0.2, 0) is 11.3 Å². The Morgan fingerprint density at radius 3 is 2.65 bits per heavy atom. The van der Waals surface area contributed by atoms with E-state index >= 15 is 0 Å². The van der Waals surface area contributed by atoms with Gasteiger partial charge in [0.25, 0.3) is 0 Å². The van der Waals surface area contributed by atoms with Crippen LogP contribution in [0.25, 0.3) is 0 Å². The molecule has 0 aliphatic rings. The summed E-state index contributed by atoms with van der Waals surface area (Å²) >= 11 is 0. The molecule has 5 nitrogen and oxygen atoms in total. The van der Waals surface area contributed by atoms with E-state index in [9.17, 15) is 18.0 Å². The predicted molar refractivity (Wildman–Crippen MR) is 65.9 cm³/mol. The number of alkyl halides is 3. The monoisotopic (exact) mass is 291 g/mol. The molecule has 1 heterocycles. The molecule has 0 aliphatic carbocycles. The van der Waals surface area contributed by atoms with Crippen LogP contribution in [0.1, 0.15) is 19.4 Å². The smallest absolute Gasteiger partial charge is 0.422 e. The highest BCUT2D eigenvalue weighted by molar-refractivity contribution is 5.85. The van der Waals surface area contributed by atoms with Crippen molar-refractivity contribution >= 4 is 5.91 Å². The minimum absolute atomic E-state index is 0.0134. The predicted octanol–water partition coefficient (Wildman–Crippen LogP) is 1.38. The van der Waals surface area contributed by atoms with Gasteiger partial charge in [-0.05, 0) is 19.9 Å². The average molecular weight is 291 g/mol. The molecule has 0 saturated carbocycles. The lowest BCUT2D eigenvalue weighted by molar-refractivity contribution is -0.154. The molecule has 1 aromatic rings. The molecule has 0 spiro atoms. The first-order valence-corrected chi connectivity index (χ1v) is 5.80. The van der Waals surface area contributed by atoms with E-state index in [1.165, 1.54) is 32.2 Å². The number of carbonyl (C=O) groups excluding carboxylic acids is 1. The highest BCUT2D eigenvalue weighted by atomic mass is 19.4. The lowest BCUT2D eigenvalue weighted by atomic mass is 10.1. The third-order valence-electron chi connectivity index (χ3n) is 2.25. The number of carbonyl (C=O) groups is 1. The Balaban J connectivity index is 2.69. The Morgan fingerprint density at radius 1 is 1.45 bits per heavy atom. The molecule has 0 aliphatic heterocycles. The summed E-state index contributed by atoms with van der Waals surface area (Å²) in [6, 6.07) is 3.05. The number of nitrogens with one attached hydrogen (secondary N) is 1. The van der Waals surface area contributed by atoms with Gasteiger partial charge < -0.3 is 15.8 Å². The van der Waals surface area contributed by atoms with Crippen LogP contribution in [0, 0.1) is 0 Å². The second-order valence-electron chi connectivity index (χ2n) is 4.78. The average Bonchev–Trinajstić information content (AvgIpc) is 2.32. The molecule has 0 atom stereocenters. The van der Waals surface area contributed by atoms with Gasteiger partial charge in [0.15, 0.2) is 6.61 Å². The van der Waals surface area contributed by atoms with Crippen molar-refractivity contribution in [3.8, 4) is 5.88 Å². The van der Waals surface area contributed by atoms with Crippen molar-refractivity contribution in [1.29, 1.82) is 0 Å². The number of rotatable bonds is 5. The van der Waals surface area contributed by atoms with Crippen molar-refractivity contribution in [2.75, 3.05) is 6.61 Å². The van der Waals surface area contributed by atoms with Crippen molar-refractivity contribution in [2.45, 2.75) is 32.1 Å². The topological polar surface area (TPSA) is 77.2 Å². The number of amides is 1. The highest BCUT2D eigenvalue weighted by Crippen LogP contribution is 2.19. The second-order valence-corrected chi connectivity index (χ2v) is 4.78. The first-order chi connectivity index (χ1) is 9.09. The molecular formula is C12H16F3N3O2. The van der Waals surface area contributed by atoms with Crippen LogP contribution in [0.15, 0.2) is 18.3 Å². The van der Waals surface area contributed by atoms with E-state index in [-0.39, 0.29) is 12.4 Å².